The molecule has 1 N–H and O–H groups in total. The molecular formula is C16H19ClN4O2S. The van der Waals surface area contributed by atoms with Gasteiger partial charge in [-0.25, -0.2) is 4.98 Å². The number of benzene rings is 1. The van der Waals surface area contributed by atoms with Crippen LogP contribution in [0.15, 0.2) is 42.6 Å². The van der Waals surface area contributed by atoms with Crippen molar-refractivity contribution in [1.82, 2.24) is 9.29 Å². The van der Waals surface area contributed by atoms with E-state index >= 15 is 0 Å². The average molecular weight is 367 g/mol. The summed E-state index contributed by atoms with van der Waals surface area (Å²) in [5.74, 6) is 0.334. The van der Waals surface area contributed by atoms with Crippen molar-refractivity contribution in [2.24, 2.45) is 0 Å². The van der Waals surface area contributed by atoms with Crippen molar-refractivity contribution in [1.29, 1.82) is 0 Å². The molecule has 3 rings (SSSR count). The zero-order valence-corrected chi connectivity index (χ0v) is 14.9. The molecule has 8 heteroatoms. The Kier molecular flexibility index (Phi) is 4.93. The Morgan fingerprint density at radius 3 is 2.29 bits per heavy atom. The Morgan fingerprint density at radius 2 is 1.71 bits per heavy atom. The lowest BCUT2D eigenvalue weighted by Gasteiger charge is -2.35. The number of rotatable bonds is 4. The van der Waals surface area contributed by atoms with Crippen LogP contribution in [0.4, 0.5) is 11.5 Å². The summed E-state index contributed by atoms with van der Waals surface area (Å²) >= 11 is 5.90. The van der Waals surface area contributed by atoms with E-state index in [-0.39, 0.29) is 0 Å². The number of hydrogen-bond acceptors (Lipinski definition) is 4. The van der Waals surface area contributed by atoms with E-state index in [0.29, 0.717) is 37.0 Å². The summed E-state index contributed by atoms with van der Waals surface area (Å²) in [6.45, 7) is 4.00. The number of piperazine rings is 1. The van der Waals surface area contributed by atoms with Crippen molar-refractivity contribution in [3.8, 4) is 0 Å². The summed E-state index contributed by atoms with van der Waals surface area (Å²) in [7, 11) is -3.59. The highest BCUT2D eigenvalue weighted by Crippen LogP contribution is 2.20. The molecule has 1 aliphatic rings. The van der Waals surface area contributed by atoms with Gasteiger partial charge in [0.25, 0.3) is 0 Å². The summed E-state index contributed by atoms with van der Waals surface area (Å²) in [6.07, 6.45) is 1.64. The molecule has 0 unspecified atom stereocenters. The lowest BCUT2D eigenvalue weighted by atomic mass is 10.2. The van der Waals surface area contributed by atoms with Crippen molar-refractivity contribution >= 4 is 33.3 Å². The number of hydrogen-bond donors (Lipinski definition) is 1. The quantitative estimate of drug-likeness (QED) is 0.903. The van der Waals surface area contributed by atoms with Crippen molar-refractivity contribution in [3.05, 3.63) is 53.2 Å². The zero-order valence-electron chi connectivity index (χ0n) is 13.3. The van der Waals surface area contributed by atoms with Crippen LogP contribution in [0, 0.1) is 6.92 Å². The molecule has 1 aromatic carbocycles. The van der Waals surface area contributed by atoms with Crippen molar-refractivity contribution < 1.29 is 8.42 Å². The number of nitrogens with zero attached hydrogens (tertiary/aromatic N) is 3. The lowest BCUT2D eigenvalue weighted by Crippen LogP contribution is -2.50. The maximum absolute atomic E-state index is 12.5. The summed E-state index contributed by atoms with van der Waals surface area (Å²) in [4.78, 5) is 6.23. The molecule has 2 aromatic rings. The van der Waals surface area contributed by atoms with Crippen LogP contribution in [0.3, 0.4) is 0 Å². The van der Waals surface area contributed by atoms with Gasteiger partial charge in [-0.1, -0.05) is 17.7 Å². The minimum atomic E-state index is -3.59. The first kappa shape index (κ1) is 17.0. The molecule has 128 valence electrons. The maximum Gasteiger partial charge on any atom is 0.302 e. The van der Waals surface area contributed by atoms with Gasteiger partial charge < -0.3 is 4.90 Å². The maximum atomic E-state index is 12.5. The van der Waals surface area contributed by atoms with Crippen LogP contribution >= 0.6 is 11.6 Å². The smallest absolute Gasteiger partial charge is 0.302 e. The van der Waals surface area contributed by atoms with Crippen LogP contribution in [0.2, 0.25) is 5.02 Å². The predicted molar refractivity (Wildman–Crippen MR) is 96.8 cm³/mol. The molecule has 1 saturated heterocycles. The number of anilines is 2. The van der Waals surface area contributed by atoms with Gasteiger partial charge in [0.15, 0.2) is 0 Å². The molecule has 24 heavy (non-hydrogen) atoms. The molecule has 0 aliphatic carbocycles. The fourth-order valence-corrected chi connectivity index (χ4v) is 3.85. The van der Waals surface area contributed by atoms with E-state index in [1.807, 2.05) is 37.3 Å². The second-order valence-electron chi connectivity index (χ2n) is 5.69. The van der Waals surface area contributed by atoms with E-state index in [2.05, 4.69) is 14.6 Å². The van der Waals surface area contributed by atoms with Crippen LogP contribution in [-0.2, 0) is 10.2 Å². The fourth-order valence-electron chi connectivity index (χ4n) is 2.56. The molecule has 1 aromatic heterocycles. The van der Waals surface area contributed by atoms with Gasteiger partial charge in [-0.2, -0.15) is 12.7 Å². The third-order valence-corrected chi connectivity index (χ3v) is 5.68. The van der Waals surface area contributed by atoms with Gasteiger partial charge in [0.1, 0.15) is 5.82 Å². The normalized spacial score (nSPS) is 16.2. The predicted octanol–water partition coefficient (Wildman–Crippen LogP) is 2.52. The van der Waals surface area contributed by atoms with Gasteiger partial charge in [0, 0.05) is 43.1 Å². The molecule has 1 fully saturated rings. The Bertz CT molecular complexity index is 786. The van der Waals surface area contributed by atoms with Gasteiger partial charge in [0.2, 0.25) is 0 Å². The second kappa shape index (κ2) is 6.96. The monoisotopic (exact) mass is 366 g/mol. The second-order valence-corrected chi connectivity index (χ2v) is 7.80. The third-order valence-electron chi connectivity index (χ3n) is 3.92. The molecule has 6 nitrogen and oxygen atoms in total. The minimum absolute atomic E-state index is 0.334. The Hall–Kier alpha value is -1.83. The average Bonchev–Trinajstić information content (AvgIpc) is 2.58. The van der Waals surface area contributed by atoms with Crippen molar-refractivity contribution in [3.63, 3.8) is 0 Å². The highest BCUT2D eigenvalue weighted by Gasteiger charge is 2.27. The van der Waals surface area contributed by atoms with Crippen molar-refractivity contribution in [2.75, 3.05) is 35.8 Å². The molecule has 0 atom stereocenters. The van der Waals surface area contributed by atoms with Gasteiger partial charge in [-0.15, -0.1) is 0 Å². The number of nitrogens with one attached hydrogen (secondary N) is 1. The van der Waals surface area contributed by atoms with E-state index in [4.69, 9.17) is 11.6 Å². The molecule has 0 saturated carbocycles. The number of aromatic nitrogens is 1. The van der Waals surface area contributed by atoms with E-state index in [1.165, 1.54) is 4.31 Å². The van der Waals surface area contributed by atoms with E-state index in [0.717, 1.165) is 11.3 Å². The first-order valence-electron chi connectivity index (χ1n) is 7.65. The minimum Gasteiger partial charge on any atom is -0.369 e. The molecule has 0 spiro atoms. The van der Waals surface area contributed by atoms with Crippen LogP contribution in [0.1, 0.15) is 5.56 Å². The van der Waals surface area contributed by atoms with E-state index < -0.39 is 10.2 Å². The topological polar surface area (TPSA) is 65.5 Å². The third kappa shape index (κ3) is 3.98. The highest BCUT2D eigenvalue weighted by molar-refractivity contribution is 7.90. The molecule has 0 bridgehead atoms. The SMILES string of the molecule is Cc1ccc(NS(=O)(=O)N2CCN(c3ccc(Cl)cc3)CC2)nc1. The first-order chi connectivity index (χ1) is 11.4. The number of pyridine rings is 1. The summed E-state index contributed by atoms with van der Waals surface area (Å²) in [5, 5.41) is 0.690. The molecule has 2 heterocycles. The first-order valence-corrected chi connectivity index (χ1v) is 9.47. The van der Waals surface area contributed by atoms with Crippen LogP contribution in [-0.4, -0.2) is 43.9 Å². The van der Waals surface area contributed by atoms with Gasteiger partial charge in [-0.3, -0.25) is 4.72 Å². The Morgan fingerprint density at radius 1 is 1.04 bits per heavy atom. The van der Waals surface area contributed by atoms with E-state index in [9.17, 15) is 8.42 Å². The lowest BCUT2D eigenvalue weighted by molar-refractivity contribution is 0.387. The van der Waals surface area contributed by atoms with E-state index in [1.54, 1.807) is 12.3 Å². The van der Waals surface area contributed by atoms with Crippen LogP contribution in [0.5, 0.6) is 0 Å². The molecule has 0 radical (unpaired) electrons. The number of aryl methyl sites for hydroxylation is 1. The van der Waals surface area contributed by atoms with Gasteiger partial charge in [0.05, 0.1) is 0 Å². The zero-order chi connectivity index (χ0) is 17.2. The Labute approximate surface area is 147 Å². The van der Waals surface area contributed by atoms with Crippen molar-refractivity contribution in [2.45, 2.75) is 6.92 Å². The van der Waals surface area contributed by atoms with Gasteiger partial charge >= 0.3 is 10.2 Å². The largest absolute Gasteiger partial charge is 0.369 e. The standard InChI is InChI=1S/C16H19ClN4O2S/c1-13-2-7-16(18-12-13)19-24(22,23)21-10-8-20(9-11-21)15-5-3-14(17)4-6-15/h2-7,12H,8-11H2,1H3,(H,18,19). The molecular weight excluding hydrogens is 348 g/mol. The van der Waals surface area contributed by atoms with Crippen LogP contribution < -0.4 is 9.62 Å². The van der Waals surface area contributed by atoms with Gasteiger partial charge in [-0.05, 0) is 42.8 Å². The highest BCUT2D eigenvalue weighted by atomic mass is 35.5. The summed E-state index contributed by atoms with van der Waals surface area (Å²) < 4.78 is 28.9. The number of halogens is 1. The summed E-state index contributed by atoms with van der Waals surface area (Å²) in [5.41, 5.74) is 2.03. The Balaban J connectivity index is 1.62. The molecule has 1 aliphatic heterocycles. The van der Waals surface area contributed by atoms with Crippen LogP contribution in [0.25, 0.3) is 0 Å². The molecule has 0 amide bonds. The summed E-state index contributed by atoms with van der Waals surface area (Å²) in [6, 6.07) is 11.1. The fraction of sp³-hybridized carbons (Fsp3) is 0.312.